The molecule has 1 fully saturated rings. The second kappa shape index (κ2) is 5.68. The van der Waals surface area contributed by atoms with E-state index in [9.17, 15) is 9.18 Å². The molecule has 2 rings (SSSR count). The van der Waals surface area contributed by atoms with Crippen molar-refractivity contribution in [1.82, 2.24) is 0 Å². The normalized spacial score (nSPS) is 26.2. The number of halogens is 1. The number of rotatable bonds is 2. The monoisotopic (exact) mass is 260 g/mol. The number of Topliss-reactive ketones (excluding diaryl/α,β-unsaturated/α-hetero) is 1. The molecule has 19 heavy (non-hydrogen) atoms. The molecule has 0 bridgehead atoms. The van der Waals surface area contributed by atoms with Crippen molar-refractivity contribution < 1.29 is 9.18 Å². The summed E-state index contributed by atoms with van der Waals surface area (Å²) in [6.45, 7) is 6.22. The summed E-state index contributed by atoms with van der Waals surface area (Å²) in [7, 11) is 0. The van der Waals surface area contributed by atoms with Crippen molar-refractivity contribution in [2.24, 2.45) is 17.8 Å². The average molecular weight is 260 g/mol. The minimum Gasteiger partial charge on any atom is -0.294 e. The van der Waals surface area contributed by atoms with Crippen LogP contribution >= 0.6 is 0 Å². The van der Waals surface area contributed by atoms with Crippen LogP contribution in [0.25, 0.3) is 6.08 Å². The van der Waals surface area contributed by atoms with Crippen molar-refractivity contribution in [3.63, 3.8) is 0 Å². The van der Waals surface area contributed by atoms with E-state index in [1.54, 1.807) is 24.3 Å². The number of hydrogen-bond donors (Lipinski definition) is 0. The van der Waals surface area contributed by atoms with Gasteiger partial charge in [0.25, 0.3) is 0 Å². The van der Waals surface area contributed by atoms with Gasteiger partial charge in [-0.15, -0.1) is 0 Å². The Hall–Kier alpha value is -1.44. The van der Waals surface area contributed by atoms with Crippen LogP contribution in [0, 0.1) is 23.6 Å². The summed E-state index contributed by atoms with van der Waals surface area (Å²) in [5.41, 5.74) is 1.30. The van der Waals surface area contributed by atoms with Gasteiger partial charge in [-0.25, -0.2) is 4.39 Å². The molecule has 0 unspecified atom stereocenters. The van der Waals surface area contributed by atoms with E-state index >= 15 is 0 Å². The highest BCUT2D eigenvalue weighted by Crippen LogP contribution is 2.35. The largest absolute Gasteiger partial charge is 0.294 e. The van der Waals surface area contributed by atoms with Gasteiger partial charge in [0, 0.05) is 11.5 Å². The first-order valence-corrected chi connectivity index (χ1v) is 7.01. The molecule has 1 saturated carbocycles. The molecule has 0 spiro atoms. The van der Waals surface area contributed by atoms with Gasteiger partial charge in [-0.05, 0) is 42.4 Å². The second-order valence-corrected chi connectivity index (χ2v) is 5.81. The van der Waals surface area contributed by atoms with Crippen LogP contribution in [0.3, 0.4) is 0 Å². The first-order chi connectivity index (χ1) is 9.00. The number of allylic oxidation sites excluding steroid dienone is 1. The third-order valence-corrected chi connectivity index (χ3v) is 4.08. The third-order valence-electron chi connectivity index (χ3n) is 4.08. The minimum absolute atomic E-state index is 0.0919. The van der Waals surface area contributed by atoms with Crippen LogP contribution in [0.2, 0.25) is 0 Å². The molecule has 2 heteroatoms. The van der Waals surface area contributed by atoms with Gasteiger partial charge in [0.15, 0.2) is 5.78 Å². The number of carbonyl (C=O) groups is 1. The molecule has 0 saturated heterocycles. The van der Waals surface area contributed by atoms with Gasteiger partial charge < -0.3 is 0 Å². The fraction of sp³-hybridized carbons (Fsp3) is 0.471. The Labute approximate surface area is 114 Å². The summed E-state index contributed by atoms with van der Waals surface area (Å²) in [6, 6.07) is 6.62. The predicted molar refractivity (Wildman–Crippen MR) is 76.1 cm³/mol. The van der Waals surface area contributed by atoms with E-state index < -0.39 is 0 Å². The number of benzene rings is 1. The zero-order chi connectivity index (χ0) is 14.0. The molecule has 2 atom stereocenters. The Kier molecular flexibility index (Phi) is 4.18. The number of hydrogen-bond acceptors (Lipinski definition) is 1. The van der Waals surface area contributed by atoms with Crippen molar-refractivity contribution in [1.29, 1.82) is 0 Å². The fourth-order valence-corrected chi connectivity index (χ4v) is 2.78. The van der Waals surface area contributed by atoms with Gasteiger partial charge in [-0.2, -0.15) is 0 Å². The zero-order valence-corrected chi connectivity index (χ0v) is 11.8. The van der Waals surface area contributed by atoms with Crippen molar-refractivity contribution in [2.75, 3.05) is 0 Å². The highest BCUT2D eigenvalue weighted by molar-refractivity contribution is 6.02. The highest BCUT2D eigenvalue weighted by atomic mass is 19.1. The summed E-state index contributed by atoms with van der Waals surface area (Å²) < 4.78 is 13.7. The maximum Gasteiger partial charge on any atom is 0.162 e. The lowest BCUT2D eigenvalue weighted by molar-refractivity contribution is -0.122. The van der Waals surface area contributed by atoms with Crippen LogP contribution in [-0.4, -0.2) is 5.78 Å². The van der Waals surface area contributed by atoms with Crippen molar-refractivity contribution in [3.05, 3.63) is 41.2 Å². The Bertz CT molecular complexity index is 502. The van der Waals surface area contributed by atoms with Crippen LogP contribution in [0.1, 0.15) is 39.2 Å². The molecule has 1 aliphatic rings. The maximum absolute atomic E-state index is 13.7. The first-order valence-electron chi connectivity index (χ1n) is 7.01. The zero-order valence-electron chi connectivity index (χ0n) is 11.8. The Balaban J connectivity index is 2.36. The Morgan fingerprint density at radius 1 is 1.26 bits per heavy atom. The van der Waals surface area contributed by atoms with Gasteiger partial charge in [0.2, 0.25) is 0 Å². The molecule has 0 radical (unpaired) electrons. The van der Waals surface area contributed by atoms with E-state index in [2.05, 4.69) is 20.8 Å². The summed E-state index contributed by atoms with van der Waals surface area (Å²) in [5, 5.41) is 0. The maximum atomic E-state index is 13.7. The molecule has 1 aromatic carbocycles. The van der Waals surface area contributed by atoms with Crippen LogP contribution in [-0.2, 0) is 4.79 Å². The Morgan fingerprint density at radius 2 is 1.95 bits per heavy atom. The topological polar surface area (TPSA) is 17.1 Å². The smallest absolute Gasteiger partial charge is 0.162 e. The van der Waals surface area contributed by atoms with E-state index in [0.717, 1.165) is 18.4 Å². The molecule has 0 N–H and O–H groups in total. The third kappa shape index (κ3) is 2.94. The van der Waals surface area contributed by atoms with Gasteiger partial charge >= 0.3 is 0 Å². The van der Waals surface area contributed by atoms with Crippen LogP contribution in [0.15, 0.2) is 29.8 Å². The molecule has 0 amide bonds. The summed E-state index contributed by atoms with van der Waals surface area (Å²) >= 11 is 0. The lowest BCUT2D eigenvalue weighted by atomic mass is 9.73. The number of carbonyl (C=O) groups excluding carboxylic acids is 1. The predicted octanol–water partition coefficient (Wildman–Crippen LogP) is 4.48. The van der Waals surface area contributed by atoms with Crippen LogP contribution in [0.5, 0.6) is 0 Å². The first kappa shape index (κ1) is 14.0. The van der Waals surface area contributed by atoms with Crippen LogP contribution < -0.4 is 0 Å². The molecule has 102 valence electrons. The quantitative estimate of drug-likeness (QED) is 0.716. The molecule has 0 aromatic heterocycles. The molecular formula is C17H21FO. The van der Waals surface area contributed by atoms with E-state index in [-0.39, 0.29) is 23.4 Å². The summed E-state index contributed by atoms with van der Waals surface area (Å²) in [6.07, 6.45) is 3.71. The van der Waals surface area contributed by atoms with Crippen LogP contribution in [0.4, 0.5) is 4.39 Å². The summed E-state index contributed by atoms with van der Waals surface area (Å²) in [4.78, 5) is 12.5. The minimum atomic E-state index is -0.262. The van der Waals surface area contributed by atoms with Gasteiger partial charge in [-0.1, -0.05) is 39.0 Å². The van der Waals surface area contributed by atoms with Crippen molar-refractivity contribution in [3.8, 4) is 0 Å². The SMILES string of the molecule is CC(C)[C@H]1CC[C@@H](C)/C(=C\c2ccccc2F)C1=O. The molecule has 0 heterocycles. The standard InChI is InChI=1S/C17H21FO/c1-11(2)14-9-8-12(3)15(17(14)19)10-13-6-4-5-7-16(13)18/h4-7,10-12,14H,8-9H2,1-3H3/b15-10+/t12-,14-/m1/s1. The lowest BCUT2D eigenvalue weighted by Crippen LogP contribution is -2.30. The fourth-order valence-electron chi connectivity index (χ4n) is 2.78. The average Bonchev–Trinajstić information content (AvgIpc) is 2.36. The van der Waals surface area contributed by atoms with E-state index in [1.165, 1.54) is 6.07 Å². The molecule has 1 nitrogen and oxygen atoms in total. The van der Waals surface area contributed by atoms with Crippen molar-refractivity contribution >= 4 is 11.9 Å². The molecule has 1 aromatic rings. The van der Waals surface area contributed by atoms with Gasteiger partial charge in [0.1, 0.15) is 5.82 Å². The second-order valence-electron chi connectivity index (χ2n) is 5.81. The molecule has 1 aliphatic carbocycles. The van der Waals surface area contributed by atoms with E-state index in [0.29, 0.717) is 11.5 Å². The molecular weight excluding hydrogens is 239 g/mol. The van der Waals surface area contributed by atoms with Crippen molar-refractivity contribution in [2.45, 2.75) is 33.6 Å². The highest BCUT2D eigenvalue weighted by Gasteiger charge is 2.32. The van der Waals surface area contributed by atoms with Gasteiger partial charge in [-0.3, -0.25) is 4.79 Å². The summed E-state index contributed by atoms with van der Waals surface area (Å²) in [5.74, 6) is 0.610. The number of ketones is 1. The van der Waals surface area contributed by atoms with E-state index in [1.807, 2.05) is 0 Å². The molecule has 0 aliphatic heterocycles. The van der Waals surface area contributed by atoms with Gasteiger partial charge in [0.05, 0.1) is 0 Å². The van der Waals surface area contributed by atoms with E-state index in [4.69, 9.17) is 0 Å². The lowest BCUT2D eigenvalue weighted by Gasteiger charge is -2.30. The Morgan fingerprint density at radius 3 is 2.58 bits per heavy atom.